The molecule has 2 heterocycles. The van der Waals surface area contributed by atoms with Gasteiger partial charge in [0, 0.05) is 10.9 Å². The van der Waals surface area contributed by atoms with E-state index in [0.29, 0.717) is 5.13 Å². The molecule has 0 aliphatic rings. The number of amides is 1. The highest BCUT2D eigenvalue weighted by Gasteiger charge is 2.18. The van der Waals surface area contributed by atoms with Crippen LogP contribution in [0.4, 0.5) is 5.13 Å². The second-order valence-corrected chi connectivity index (χ2v) is 9.05. The number of hydrogen-bond acceptors (Lipinski definition) is 7. The zero-order valence-corrected chi connectivity index (χ0v) is 16.6. The summed E-state index contributed by atoms with van der Waals surface area (Å²) in [6.07, 6.45) is 1.02. The Morgan fingerprint density at radius 3 is 2.68 bits per heavy atom. The van der Waals surface area contributed by atoms with Crippen molar-refractivity contribution in [3.63, 3.8) is 0 Å². The van der Waals surface area contributed by atoms with Gasteiger partial charge < -0.3 is 5.32 Å². The Bertz CT molecular complexity index is 857. The smallest absolute Gasteiger partial charge is 0.239 e. The second-order valence-electron chi connectivity index (χ2n) is 5.42. The van der Waals surface area contributed by atoms with E-state index in [1.54, 1.807) is 0 Å². The van der Waals surface area contributed by atoms with Crippen LogP contribution in [0, 0.1) is 6.92 Å². The number of rotatable bonds is 6. The number of nitrogens with one attached hydrogen (secondary N) is 1. The fourth-order valence-electron chi connectivity index (χ4n) is 2.11. The third-order valence-electron chi connectivity index (χ3n) is 3.55. The van der Waals surface area contributed by atoms with E-state index in [1.165, 1.54) is 40.0 Å². The number of nitrogens with zero attached hydrogens (tertiary/aromatic N) is 3. The molecule has 0 aliphatic carbocycles. The van der Waals surface area contributed by atoms with Crippen LogP contribution in [0.3, 0.4) is 0 Å². The van der Waals surface area contributed by atoms with Crippen molar-refractivity contribution in [3.8, 4) is 11.3 Å². The van der Waals surface area contributed by atoms with Crippen LogP contribution in [-0.4, -0.2) is 26.3 Å². The van der Waals surface area contributed by atoms with Gasteiger partial charge in [0.25, 0.3) is 0 Å². The van der Waals surface area contributed by atoms with Crippen molar-refractivity contribution < 1.29 is 4.79 Å². The maximum Gasteiger partial charge on any atom is 0.239 e. The summed E-state index contributed by atoms with van der Waals surface area (Å²) in [5.41, 5.74) is 3.23. The third kappa shape index (κ3) is 4.65. The molecule has 0 spiro atoms. The molecule has 3 rings (SSSR count). The Balaban J connectivity index is 1.62. The number of benzene rings is 1. The van der Waals surface area contributed by atoms with Crippen molar-refractivity contribution in [2.24, 2.45) is 0 Å². The van der Waals surface area contributed by atoms with E-state index in [1.807, 2.05) is 19.2 Å². The van der Waals surface area contributed by atoms with Crippen molar-refractivity contribution in [1.82, 2.24) is 15.2 Å². The van der Waals surface area contributed by atoms with Crippen molar-refractivity contribution in [1.29, 1.82) is 0 Å². The van der Waals surface area contributed by atoms with Gasteiger partial charge in [0.05, 0.1) is 10.9 Å². The van der Waals surface area contributed by atoms with Gasteiger partial charge in [-0.25, -0.2) is 4.98 Å². The molecule has 1 amide bonds. The van der Waals surface area contributed by atoms with Gasteiger partial charge in [-0.15, -0.1) is 21.5 Å². The van der Waals surface area contributed by atoms with Gasteiger partial charge in [0.15, 0.2) is 9.47 Å². The Morgan fingerprint density at radius 2 is 2.04 bits per heavy atom. The van der Waals surface area contributed by atoms with Crippen LogP contribution in [0.15, 0.2) is 34.0 Å². The van der Waals surface area contributed by atoms with Crippen LogP contribution in [0.25, 0.3) is 11.3 Å². The van der Waals surface area contributed by atoms with Crippen molar-refractivity contribution in [2.45, 2.75) is 36.8 Å². The van der Waals surface area contributed by atoms with Crippen LogP contribution >= 0.6 is 34.4 Å². The number of anilines is 1. The molecule has 0 fully saturated rings. The molecule has 0 saturated carbocycles. The normalized spacial score (nSPS) is 12.1. The summed E-state index contributed by atoms with van der Waals surface area (Å²) in [7, 11) is 0. The van der Waals surface area contributed by atoms with Crippen LogP contribution in [0.2, 0.25) is 0 Å². The predicted molar refractivity (Wildman–Crippen MR) is 106 cm³/mol. The lowest BCUT2D eigenvalue weighted by molar-refractivity contribution is -0.115. The lowest BCUT2D eigenvalue weighted by Crippen LogP contribution is -2.22. The summed E-state index contributed by atoms with van der Waals surface area (Å²) in [4.78, 5) is 16.9. The molecule has 2 aromatic heterocycles. The molecule has 1 N–H and O–H groups in total. The minimum absolute atomic E-state index is 0.0833. The first-order chi connectivity index (χ1) is 12.0. The third-order valence-corrected chi connectivity index (χ3v) is 6.33. The van der Waals surface area contributed by atoms with Gasteiger partial charge in [-0.05, 0) is 25.8 Å². The quantitative estimate of drug-likeness (QED) is 0.621. The minimum Gasteiger partial charge on any atom is -0.301 e. The minimum atomic E-state index is -0.261. The fourth-order valence-corrected chi connectivity index (χ4v) is 4.80. The first-order valence-electron chi connectivity index (χ1n) is 7.87. The van der Waals surface area contributed by atoms with Gasteiger partial charge in [0.1, 0.15) is 5.01 Å². The first-order valence-corrected chi connectivity index (χ1v) is 10.4. The van der Waals surface area contributed by atoms with Gasteiger partial charge >= 0.3 is 0 Å². The van der Waals surface area contributed by atoms with E-state index >= 15 is 0 Å². The van der Waals surface area contributed by atoms with Crippen molar-refractivity contribution >= 4 is 45.5 Å². The zero-order valence-electron chi connectivity index (χ0n) is 14.1. The summed E-state index contributed by atoms with van der Waals surface area (Å²) in [5, 5.41) is 14.1. The summed E-state index contributed by atoms with van der Waals surface area (Å²) in [6.45, 7) is 5.89. The van der Waals surface area contributed by atoms with Crippen molar-refractivity contribution in [3.05, 3.63) is 40.2 Å². The first kappa shape index (κ1) is 18.0. The molecule has 1 aromatic carbocycles. The summed E-state index contributed by atoms with van der Waals surface area (Å²) in [6, 6.07) is 8.34. The van der Waals surface area contributed by atoms with Gasteiger partial charge in [0.2, 0.25) is 5.91 Å². The highest BCUT2D eigenvalue weighted by molar-refractivity contribution is 8.02. The van der Waals surface area contributed by atoms with Gasteiger partial charge in [-0.2, -0.15) is 0 Å². The Labute approximate surface area is 158 Å². The number of carbonyl (C=O) groups excluding carboxylic acids is 1. The number of aryl methyl sites for hydroxylation is 2. The molecule has 0 radical (unpaired) electrons. The van der Waals surface area contributed by atoms with E-state index in [-0.39, 0.29) is 11.2 Å². The van der Waals surface area contributed by atoms with E-state index in [0.717, 1.165) is 27.0 Å². The molecule has 0 unspecified atom stereocenters. The van der Waals surface area contributed by atoms with E-state index in [4.69, 9.17) is 0 Å². The van der Waals surface area contributed by atoms with E-state index in [2.05, 4.69) is 51.7 Å². The fraction of sp³-hybridized carbons (Fsp3) is 0.294. The molecule has 1 atom stereocenters. The number of aromatic nitrogens is 3. The molecule has 0 aliphatic heterocycles. The summed E-state index contributed by atoms with van der Waals surface area (Å²) < 4.78 is 0.802. The highest BCUT2D eigenvalue weighted by Crippen LogP contribution is 2.29. The average Bonchev–Trinajstić information content (AvgIpc) is 3.24. The monoisotopic (exact) mass is 390 g/mol. The van der Waals surface area contributed by atoms with Crippen LogP contribution in [-0.2, 0) is 11.2 Å². The number of thiazole rings is 1. The molecular formula is C17H18N4OS3. The van der Waals surface area contributed by atoms with Gasteiger partial charge in [-0.1, -0.05) is 54.3 Å². The second kappa shape index (κ2) is 8.07. The molecule has 3 aromatic rings. The molecule has 25 heavy (non-hydrogen) atoms. The molecule has 0 bridgehead atoms. The van der Waals surface area contributed by atoms with Crippen LogP contribution < -0.4 is 5.32 Å². The summed E-state index contributed by atoms with van der Waals surface area (Å²) >= 11 is 4.33. The Kier molecular flexibility index (Phi) is 5.82. The maximum absolute atomic E-state index is 12.3. The number of carbonyl (C=O) groups is 1. The van der Waals surface area contributed by atoms with E-state index < -0.39 is 0 Å². The van der Waals surface area contributed by atoms with Crippen molar-refractivity contribution in [2.75, 3.05) is 5.32 Å². The highest BCUT2D eigenvalue weighted by atomic mass is 32.2. The van der Waals surface area contributed by atoms with Gasteiger partial charge in [-0.3, -0.25) is 4.79 Å². The average molecular weight is 391 g/mol. The standard InChI is InChI=1S/C17H18N4OS3/c1-4-12-5-7-13(8-6-12)14-9-23-16(18-14)19-15(22)10(2)24-17-21-20-11(3)25-17/h5-10H,4H2,1-3H3,(H,18,19,22)/t10-/m1/s1. The number of hydrogen-bond donors (Lipinski definition) is 1. The van der Waals surface area contributed by atoms with Crippen LogP contribution in [0.1, 0.15) is 24.4 Å². The Morgan fingerprint density at radius 1 is 1.28 bits per heavy atom. The molecule has 0 saturated heterocycles. The predicted octanol–water partition coefficient (Wildman–Crippen LogP) is 4.65. The van der Waals surface area contributed by atoms with E-state index in [9.17, 15) is 4.79 Å². The zero-order chi connectivity index (χ0) is 17.8. The molecule has 5 nitrogen and oxygen atoms in total. The molecular weight excluding hydrogens is 372 g/mol. The van der Waals surface area contributed by atoms with Crippen LogP contribution in [0.5, 0.6) is 0 Å². The lowest BCUT2D eigenvalue weighted by Gasteiger charge is -2.07. The lowest BCUT2D eigenvalue weighted by atomic mass is 10.1. The largest absolute Gasteiger partial charge is 0.301 e. The molecule has 8 heteroatoms. The maximum atomic E-state index is 12.3. The molecule has 130 valence electrons. The SMILES string of the molecule is CCc1ccc(-c2csc(NC(=O)[C@@H](C)Sc3nnc(C)s3)n2)cc1. The number of thioether (sulfide) groups is 1. The Hall–Kier alpha value is -1.77. The topological polar surface area (TPSA) is 67.8 Å². The summed E-state index contributed by atoms with van der Waals surface area (Å²) in [5.74, 6) is -0.0833.